The number of rotatable bonds is 5. The van der Waals surface area contributed by atoms with E-state index < -0.39 is 17.3 Å². The molecule has 0 unspecified atom stereocenters. The van der Waals surface area contributed by atoms with E-state index in [9.17, 15) is 22.8 Å². The van der Waals surface area contributed by atoms with Gasteiger partial charge in [0, 0.05) is 27.9 Å². The molecule has 5 nitrogen and oxygen atoms in total. The van der Waals surface area contributed by atoms with Gasteiger partial charge in [0.15, 0.2) is 0 Å². The van der Waals surface area contributed by atoms with Gasteiger partial charge in [-0.05, 0) is 66.4 Å². The predicted molar refractivity (Wildman–Crippen MR) is 105 cm³/mol. The number of nitrogens with zero attached hydrogens (tertiary/aromatic N) is 1. The van der Waals surface area contributed by atoms with Crippen LogP contribution in [0.5, 0.6) is 0 Å². The van der Waals surface area contributed by atoms with Crippen LogP contribution in [0.25, 0.3) is 0 Å². The SMILES string of the molecule is O=C(Nc1cccc(C(=O)Nc2ccccn2)c1)c1ccc(SC(F)(F)F)cc1. The number of nitrogens with one attached hydrogen (secondary N) is 2. The fourth-order valence-corrected chi connectivity index (χ4v) is 2.91. The van der Waals surface area contributed by atoms with Crippen LogP contribution in [0, 0.1) is 0 Å². The fourth-order valence-electron chi connectivity index (χ4n) is 2.37. The zero-order chi connectivity index (χ0) is 20.9. The largest absolute Gasteiger partial charge is 0.446 e. The minimum Gasteiger partial charge on any atom is -0.322 e. The van der Waals surface area contributed by atoms with Gasteiger partial charge >= 0.3 is 5.51 Å². The van der Waals surface area contributed by atoms with Gasteiger partial charge in [0.2, 0.25) is 0 Å². The molecular weight excluding hydrogens is 403 g/mol. The van der Waals surface area contributed by atoms with Crippen molar-refractivity contribution in [2.24, 2.45) is 0 Å². The molecule has 0 atom stereocenters. The maximum Gasteiger partial charge on any atom is 0.446 e. The second kappa shape index (κ2) is 8.78. The van der Waals surface area contributed by atoms with Gasteiger partial charge < -0.3 is 10.6 Å². The first-order chi connectivity index (χ1) is 13.8. The van der Waals surface area contributed by atoms with Crippen LogP contribution in [0.2, 0.25) is 0 Å². The highest BCUT2D eigenvalue weighted by molar-refractivity contribution is 8.00. The predicted octanol–water partition coefficient (Wildman–Crippen LogP) is 5.20. The smallest absolute Gasteiger partial charge is 0.322 e. The molecule has 2 aromatic carbocycles. The number of alkyl halides is 3. The highest BCUT2D eigenvalue weighted by Crippen LogP contribution is 2.36. The molecule has 0 radical (unpaired) electrons. The van der Waals surface area contributed by atoms with Gasteiger partial charge in [-0.1, -0.05) is 12.1 Å². The van der Waals surface area contributed by atoms with E-state index >= 15 is 0 Å². The average Bonchev–Trinajstić information content (AvgIpc) is 2.68. The number of hydrogen-bond acceptors (Lipinski definition) is 4. The first kappa shape index (κ1) is 20.4. The van der Waals surface area contributed by atoms with Crippen LogP contribution in [0.1, 0.15) is 20.7 Å². The van der Waals surface area contributed by atoms with Gasteiger partial charge in [-0.2, -0.15) is 13.2 Å². The molecule has 9 heteroatoms. The molecule has 148 valence electrons. The molecule has 0 saturated carbocycles. The van der Waals surface area contributed by atoms with Crippen LogP contribution in [0.15, 0.2) is 77.8 Å². The van der Waals surface area contributed by atoms with Gasteiger partial charge in [-0.15, -0.1) is 0 Å². The lowest BCUT2D eigenvalue weighted by Gasteiger charge is -2.09. The standard InChI is InChI=1S/C20H14F3N3O2S/c21-20(22,23)29-16-9-7-13(8-10-16)18(27)25-15-5-3-4-14(12-15)19(28)26-17-6-1-2-11-24-17/h1-12H,(H,25,27)(H,24,26,28). The van der Waals surface area contributed by atoms with Crippen molar-refractivity contribution in [3.05, 3.63) is 84.1 Å². The Morgan fingerprint density at radius 2 is 1.55 bits per heavy atom. The number of carbonyl (C=O) groups is 2. The van der Waals surface area contributed by atoms with E-state index in [1.807, 2.05) is 0 Å². The summed E-state index contributed by atoms with van der Waals surface area (Å²) in [7, 11) is 0. The summed E-state index contributed by atoms with van der Waals surface area (Å²) in [6, 6.07) is 16.4. The summed E-state index contributed by atoms with van der Waals surface area (Å²) in [4.78, 5) is 28.6. The molecule has 3 rings (SSSR count). The third-order valence-corrected chi connectivity index (χ3v) is 4.38. The second-order valence-corrected chi connectivity index (χ2v) is 6.91. The summed E-state index contributed by atoms with van der Waals surface area (Å²) in [6.45, 7) is 0. The summed E-state index contributed by atoms with van der Waals surface area (Å²) < 4.78 is 37.1. The highest BCUT2D eigenvalue weighted by atomic mass is 32.2. The molecule has 0 aliphatic heterocycles. The van der Waals surface area contributed by atoms with Gasteiger partial charge in [0.1, 0.15) is 5.82 Å². The molecule has 0 bridgehead atoms. The number of benzene rings is 2. The van der Waals surface area contributed by atoms with Gasteiger partial charge in [-0.3, -0.25) is 9.59 Å². The lowest BCUT2D eigenvalue weighted by atomic mass is 10.1. The van der Waals surface area contributed by atoms with Crippen LogP contribution in [-0.2, 0) is 0 Å². The topological polar surface area (TPSA) is 71.1 Å². The number of halogens is 3. The van der Waals surface area contributed by atoms with E-state index in [2.05, 4.69) is 15.6 Å². The lowest BCUT2D eigenvalue weighted by Crippen LogP contribution is -2.15. The van der Waals surface area contributed by atoms with Gasteiger partial charge in [0.05, 0.1) is 0 Å². The fraction of sp³-hybridized carbons (Fsp3) is 0.0500. The van der Waals surface area contributed by atoms with E-state index in [1.165, 1.54) is 30.3 Å². The normalized spacial score (nSPS) is 11.0. The van der Waals surface area contributed by atoms with E-state index in [0.29, 0.717) is 17.1 Å². The summed E-state index contributed by atoms with van der Waals surface area (Å²) in [5, 5.41) is 5.26. The van der Waals surface area contributed by atoms with Crippen molar-refractivity contribution >= 4 is 35.1 Å². The van der Waals surface area contributed by atoms with Crippen molar-refractivity contribution in [2.75, 3.05) is 10.6 Å². The number of aromatic nitrogens is 1. The maximum absolute atomic E-state index is 12.4. The van der Waals surface area contributed by atoms with Crippen molar-refractivity contribution in [1.29, 1.82) is 0 Å². The highest BCUT2D eigenvalue weighted by Gasteiger charge is 2.29. The maximum atomic E-state index is 12.4. The third-order valence-electron chi connectivity index (χ3n) is 3.64. The monoisotopic (exact) mass is 417 g/mol. The van der Waals surface area contributed by atoms with Crippen LogP contribution in [0.4, 0.5) is 24.7 Å². The van der Waals surface area contributed by atoms with Crippen LogP contribution < -0.4 is 10.6 Å². The van der Waals surface area contributed by atoms with E-state index in [-0.39, 0.29) is 22.2 Å². The summed E-state index contributed by atoms with van der Waals surface area (Å²) in [5.41, 5.74) is -3.51. The van der Waals surface area contributed by atoms with Crippen LogP contribution in [-0.4, -0.2) is 22.3 Å². The Kier molecular flexibility index (Phi) is 6.18. The Morgan fingerprint density at radius 3 is 2.21 bits per heavy atom. The number of carbonyl (C=O) groups excluding carboxylic acids is 2. The van der Waals surface area contributed by atoms with Crippen LogP contribution in [0.3, 0.4) is 0 Å². The van der Waals surface area contributed by atoms with Gasteiger partial charge in [0.25, 0.3) is 11.8 Å². The Labute approximate surface area is 168 Å². The molecule has 2 amide bonds. The molecule has 2 N–H and O–H groups in total. The molecule has 0 aliphatic rings. The van der Waals surface area contributed by atoms with Crippen molar-refractivity contribution < 1.29 is 22.8 Å². The molecule has 1 aromatic heterocycles. The summed E-state index contributed by atoms with van der Waals surface area (Å²) in [5.74, 6) is -0.507. The molecule has 0 aliphatic carbocycles. The molecule has 29 heavy (non-hydrogen) atoms. The molecule has 0 spiro atoms. The zero-order valence-electron chi connectivity index (χ0n) is 14.7. The number of pyridine rings is 1. The molecule has 0 fully saturated rings. The molecular formula is C20H14F3N3O2S. The number of hydrogen-bond donors (Lipinski definition) is 2. The Balaban J connectivity index is 1.66. The van der Waals surface area contributed by atoms with E-state index in [0.717, 1.165) is 0 Å². The zero-order valence-corrected chi connectivity index (χ0v) is 15.6. The average molecular weight is 417 g/mol. The third kappa shape index (κ3) is 6.08. The molecule has 0 saturated heterocycles. The quantitative estimate of drug-likeness (QED) is 0.560. The second-order valence-electron chi connectivity index (χ2n) is 5.78. The minimum atomic E-state index is -4.39. The number of anilines is 2. The molecule has 1 heterocycles. The Morgan fingerprint density at radius 1 is 0.828 bits per heavy atom. The van der Waals surface area contributed by atoms with Crippen molar-refractivity contribution in [3.8, 4) is 0 Å². The number of amides is 2. The summed E-state index contributed by atoms with van der Waals surface area (Å²) >= 11 is -0.250. The number of thioether (sulfide) groups is 1. The van der Waals surface area contributed by atoms with Crippen molar-refractivity contribution in [2.45, 2.75) is 10.4 Å². The van der Waals surface area contributed by atoms with Gasteiger partial charge in [-0.25, -0.2) is 4.98 Å². The first-order valence-corrected chi connectivity index (χ1v) is 9.11. The van der Waals surface area contributed by atoms with Crippen LogP contribution >= 0.6 is 11.8 Å². The van der Waals surface area contributed by atoms with E-state index in [4.69, 9.17) is 0 Å². The minimum absolute atomic E-state index is 0.0118. The summed E-state index contributed by atoms with van der Waals surface area (Å²) in [6.07, 6.45) is 1.55. The van der Waals surface area contributed by atoms with E-state index in [1.54, 1.807) is 42.6 Å². The van der Waals surface area contributed by atoms with Crippen molar-refractivity contribution in [1.82, 2.24) is 4.98 Å². The molecule has 3 aromatic rings. The Bertz CT molecular complexity index is 1010. The first-order valence-electron chi connectivity index (χ1n) is 8.30. The Hall–Kier alpha value is -3.33. The lowest BCUT2D eigenvalue weighted by molar-refractivity contribution is -0.0328. The van der Waals surface area contributed by atoms with Crippen molar-refractivity contribution in [3.63, 3.8) is 0 Å².